The van der Waals surface area contributed by atoms with Gasteiger partial charge in [0.25, 0.3) is 10.0 Å². The number of hydrogen-bond acceptors (Lipinski definition) is 4. The molecule has 0 fully saturated rings. The lowest BCUT2D eigenvalue weighted by Gasteiger charge is -2.08. The van der Waals surface area contributed by atoms with Crippen LogP contribution in [0.5, 0.6) is 0 Å². The fourth-order valence-electron chi connectivity index (χ4n) is 1.84. The van der Waals surface area contributed by atoms with Crippen LogP contribution in [0.2, 0.25) is 5.28 Å². The second kappa shape index (κ2) is 4.83. The summed E-state index contributed by atoms with van der Waals surface area (Å²) in [5.41, 5.74) is 0.237. The zero-order valence-corrected chi connectivity index (χ0v) is 13.0. The third-order valence-electron chi connectivity index (χ3n) is 2.71. The van der Waals surface area contributed by atoms with Gasteiger partial charge in [-0.3, -0.25) is 0 Å². The first kappa shape index (κ1) is 13.5. The van der Waals surface area contributed by atoms with Gasteiger partial charge < -0.3 is 0 Å². The van der Waals surface area contributed by atoms with Crippen LogP contribution < -0.4 is 0 Å². The van der Waals surface area contributed by atoms with E-state index in [9.17, 15) is 8.42 Å². The number of halogens is 2. The zero-order valence-electron chi connectivity index (χ0n) is 9.86. The molecule has 0 aliphatic carbocycles. The summed E-state index contributed by atoms with van der Waals surface area (Å²) >= 11 is 8.99. The maximum absolute atomic E-state index is 12.7. The van der Waals surface area contributed by atoms with E-state index in [0.29, 0.717) is 9.99 Å². The standard InChI is InChI=1S/C12H7BrClN3O2S/c13-10-6-8-7-15-12(14)16-11(8)17(10)20(18,19)9-4-2-1-3-5-9/h1-7H. The lowest BCUT2D eigenvalue weighted by Crippen LogP contribution is -2.13. The predicted octanol–water partition coefficient (Wildman–Crippen LogP) is 3.08. The number of nitrogens with zero attached hydrogens (tertiary/aromatic N) is 3. The van der Waals surface area contributed by atoms with Crippen molar-refractivity contribution in [1.29, 1.82) is 0 Å². The molecule has 0 bridgehead atoms. The van der Waals surface area contributed by atoms with Gasteiger partial charge >= 0.3 is 0 Å². The van der Waals surface area contributed by atoms with Crippen LogP contribution in [0.3, 0.4) is 0 Å². The molecule has 0 saturated heterocycles. The Morgan fingerprint density at radius 3 is 2.60 bits per heavy atom. The minimum Gasteiger partial charge on any atom is -0.226 e. The predicted molar refractivity (Wildman–Crippen MR) is 79.3 cm³/mol. The molecule has 3 rings (SSSR count). The van der Waals surface area contributed by atoms with E-state index in [1.54, 1.807) is 24.3 Å². The Morgan fingerprint density at radius 1 is 1.20 bits per heavy atom. The molecule has 0 aliphatic rings. The minimum atomic E-state index is -3.75. The highest BCUT2D eigenvalue weighted by atomic mass is 79.9. The third-order valence-corrected chi connectivity index (χ3v) is 5.43. The Labute approximate surface area is 128 Å². The van der Waals surface area contributed by atoms with Gasteiger partial charge in [-0.25, -0.2) is 17.4 Å². The molecule has 5 nitrogen and oxygen atoms in total. The van der Waals surface area contributed by atoms with Crippen LogP contribution in [0.15, 0.2) is 52.1 Å². The van der Waals surface area contributed by atoms with Gasteiger partial charge in [0.1, 0.15) is 4.60 Å². The van der Waals surface area contributed by atoms with Gasteiger partial charge in [-0.2, -0.15) is 4.98 Å². The summed E-state index contributed by atoms with van der Waals surface area (Å²) in [6.07, 6.45) is 1.48. The summed E-state index contributed by atoms with van der Waals surface area (Å²) in [6.45, 7) is 0. The lowest BCUT2D eigenvalue weighted by molar-refractivity contribution is 0.588. The first-order chi connectivity index (χ1) is 9.50. The molecule has 0 atom stereocenters. The molecule has 0 amide bonds. The molecule has 0 saturated carbocycles. The molecule has 0 aliphatic heterocycles. The lowest BCUT2D eigenvalue weighted by atomic mass is 10.4. The smallest absolute Gasteiger partial charge is 0.226 e. The second-order valence-electron chi connectivity index (χ2n) is 3.97. The van der Waals surface area contributed by atoms with Gasteiger partial charge in [0.15, 0.2) is 5.65 Å². The van der Waals surface area contributed by atoms with Crippen molar-refractivity contribution in [3.63, 3.8) is 0 Å². The number of rotatable bonds is 2. The molecule has 2 aromatic heterocycles. The van der Waals surface area contributed by atoms with E-state index in [-0.39, 0.29) is 15.8 Å². The molecule has 0 unspecified atom stereocenters. The van der Waals surface area contributed by atoms with Crippen LogP contribution >= 0.6 is 27.5 Å². The average molecular weight is 373 g/mol. The highest BCUT2D eigenvalue weighted by molar-refractivity contribution is 9.10. The molecule has 20 heavy (non-hydrogen) atoms. The number of hydrogen-bond donors (Lipinski definition) is 0. The molecular formula is C12H7BrClN3O2S. The molecular weight excluding hydrogens is 366 g/mol. The Hall–Kier alpha value is -1.44. The maximum Gasteiger partial charge on any atom is 0.270 e. The van der Waals surface area contributed by atoms with Crippen LogP contribution in [-0.2, 0) is 10.0 Å². The maximum atomic E-state index is 12.7. The van der Waals surface area contributed by atoms with E-state index in [1.807, 2.05) is 0 Å². The third kappa shape index (κ3) is 2.11. The van der Waals surface area contributed by atoms with E-state index >= 15 is 0 Å². The monoisotopic (exact) mass is 371 g/mol. The largest absolute Gasteiger partial charge is 0.270 e. The van der Waals surface area contributed by atoms with Crippen molar-refractivity contribution in [1.82, 2.24) is 13.9 Å². The topological polar surface area (TPSA) is 64.8 Å². The SMILES string of the molecule is O=S(=O)(c1ccccc1)n1c(Br)cc2cnc(Cl)nc21. The summed E-state index contributed by atoms with van der Waals surface area (Å²) in [6, 6.07) is 9.75. The van der Waals surface area contributed by atoms with Crippen LogP contribution in [0.4, 0.5) is 0 Å². The average Bonchev–Trinajstić information content (AvgIpc) is 2.75. The van der Waals surface area contributed by atoms with Crippen LogP contribution in [0.1, 0.15) is 0 Å². The minimum absolute atomic E-state index is 0.00684. The summed E-state index contributed by atoms with van der Waals surface area (Å²) in [5, 5.41) is 0.577. The van der Waals surface area contributed by atoms with Crippen molar-refractivity contribution in [2.45, 2.75) is 4.90 Å². The van der Waals surface area contributed by atoms with Crippen molar-refractivity contribution in [2.75, 3.05) is 0 Å². The van der Waals surface area contributed by atoms with Crippen molar-refractivity contribution >= 4 is 48.6 Å². The molecule has 8 heteroatoms. The Balaban J connectivity index is 2.35. The van der Waals surface area contributed by atoms with Crippen molar-refractivity contribution in [3.05, 3.63) is 52.5 Å². The highest BCUT2D eigenvalue weighted by Crippen LogP contribution is 2.27. The fourth-order valence-corrected chi connectivity index (χ4v) is 4.32. The fraction of sp³-hybridized carbons (Fsp3) is 0. The van der Waals surface area contributed by atoms with Crippen molar-refractivity contribution in [3.8, 4) is 0 Å². The van der Waals surface area contributed by atoms with E-state index in [2.05, 4.69) is 25.9 Å². The Kier molecular flexibility index (Phi) is 3.27. The summed E-state index contributed by atoms with van der Waals surface area (Å²) < 4.78 is 26.8. The molecule has 0 spiro atoms. The molecule has 1 aromatic carbocycles. The van der Waals surface area contributed by atoms with E-state index in [4.69, 9.17) is 11.6 Å². The van der Waals surface area contributed by atoms with Crippen LogP contribution in [0.25, 0.3) is 11.0 Å². The van der Waals surface area contributed by atoms with Crippen molar-refractivity contribution in [2.24, 2.45) is 0 Å². The normalized spacial score (nSPS) is 11.9. The van der Waals surface area contributed by atoms with E-state index in [1.165, 1.54) is 18.3 Å². The van der Waals surface area contributed by atoms with Gasteiger partial charge in [-0.05, 0) is 45.7 Å². The van der Waals surface area contributed by atoms with Gasteiger partial charge in [-0.1, -0.05) is 18.2 Å². The highest BCUT2D eigenvalue weighted by Gasteiger charge is 2.23. The first-order valence-corrected chi connectivity index (χ1v) is 8.11. The summed E-state index contributed by atoms with van der Waals surface area (Å²) in [7, 11) is -3.75. The number of benzene rings is 1. The van der Waals surface area contributed by atoms with Gasteiger partial charge in [0.2, 0.25) is 5.28 Å². The van der Waals surface area contributed by atoms with E-state index in [0.717, 1.165) is 3.97 Å². The van der Waals surface area contributed by atoms with Crippen LogP contribution in [-0.4, -0.2) is 22.4 Å². The van der Waals surface area contributed by atoms with Gasteiger partial charge in [0.05, 0.1) is 4.90 Å². The molecule has 0 radical (unpaired) electrons. The molecule has 0 N–H and O–H groups in total. The second-order valence-corrected chi connectivity index (χ2v) is 6.90. The first-order valence-electron chi connectivity index (χ1n) is 5.50. The number of aromatic nitrogens is 3. The Bertz CT molecular complexity index is 894. The van der Waals surface area contributed by atoms with E-state index < -0.39 is 10.0 Å². The van der Waals surface area contributed by atoms with Gasteiger partial charge in [0, 0.05) is 11.6 Å². The zero-order chi connectivity index (χ0) is 14.3. The van der Waals surface area contributed by atoms with Gasteiger partial charge in [-0.15, -0.1) is 0 Å². The van der Waals surface area contributed by atoms with Crippen molar-refractivity contribution < 1.29 is 8.42 Å². The molecule has 2 heterocycles. The Morgan fingerprint density at radius 2 is 1.90 bits per heavy atom. The van der Waals surface area contributed by atoms with Crippen LogP contribution in [0, 0.1) is 0 Å². The summed E-state index contributed by atoms with van der Waals surface area (Å²) in [5.74, 6) is 0. The summed E-state index contributed by atoms with van der Waals surface area (Å²) in [4.78, 5) is 8.01. The molecule has 3 aromatic rings. The molecule has 102 valence electrons. The number of fused-ring (bicyclic) bond motifs is 1. The quantitative estimate of drug-likeness (QED) is 0.648.